The van der Waals surface area contributed by atoms with Crippen molar-refractivity contribution in [3.05, 3.63) is 30.0 Å². The van der Waals surface area contributed by atoms with Crippen molar-refractivity contribution in [2.24, 2.45) is 7.05 Å². The van der Waals surface area contributed by atoms with Gasteiger partial charge in [-0.05, 0) is 37.1 Å². The van der Waals surface area contributed by atoms with Gasteiger partial charge in [0.25, 0.3) is 5.91 Å². The lowest BCUT2D eigenvalue weighted by Gasteiger charge is -2.21. The van der Waals surface area contributed by atoms with Crippen LogP contribution in [0, 0.1) is 0 Å². The number of rotatable bonds is 8. The smallest absolute Gasteiger partial charge is 0.269 e. The largest absolute Gasteiger partial charge is 0.497 e. The number of carbonyl (C=O) groups excluding carboxylic acids is 1. The molecule has 1 aromatic carbocycles. The fourth-order valence-electron chi connectivity index (χ4n) is 3.15. The highest BCUT2D eigenvalue weighted by molar-refractivity contribution is 7.99. The van der Waals surface area contributed by atoms with E-state index in [9.17, 15) is 4.79 Å². The monoisotopic (exact) mass is 405 g/mol. The van der Waals surface area contributed by atoms with Crippen molar-refractivity contribution in [3.63, 3.8) is 0 Å². The zero-order chi connectivity index (χ0) is 19.9. The van der Waals surface area contributed by atoms with Crippen molar-refractivity contribution in [1.29, 1.82) is 0 Å². The molecule has 7 nitrogen and oxygen atoms in total. The van der Waals surface area contributed by atoms with Crippen LogP contribution in [-0.2, 0) is 11.8 Å². The maximum atomic E-state index is 12.6. The molecule has 0 bridgehead atoms. The lowest BCUT2D eigenvalue weighted by atomic mass is 10.1. The minimum absolute atomic E-state index is 0.129. The topological polar surface area (TPSA) is 74.6 Å². The quantitative estimate of drug-likeness (QED) is 0.681. The van der Waals surface area contributed by atoms with E-state index in [0.717, 1.165) is 37.4 Å². The predicted octanol–water partition coefficient (Wildman–Crippen LogP) is 2.75. The molecule has 0 saturated carbocycles. The second-order valence-corrected chi connectivity index (χ2v) is 7.95. The highest BCUT2D eigenvalue weighted by Crippen LogP contribution is 2.32. The molecular formula is C20H27N3O4S. The van der Waals surface area contributed by atoms with E-state index in [0.29, 0.717) is 34.7 Å². The van der Waals surface area contributed by atoms with Crippen molar-refractivity contribution >= 4 is 17.7 Å². The Morgan fingerprint density at radius 3 is 2.79 bits per heavy atom. The number of thioether (sulfide) groups is 1. The predicted molar refractivity (Wildman–Crippen MR) is 110 cm³/mol. The van der Waals surface area contributed by atoms with Gasteiger partial charge in [0.05, 0.1) is 19.9 Å². The molecule has 8 heteroatoms. The minimum Gasteiger partial charge on any atom is -0.497 e. The van der Waals surface area contributed by atoms with Gasteiger partial charge in [0, 0.05) is 43.4 Å². The van der Waals surface area contributed by atoms with Gasteiger partial charge >= 0.3 is 0 Å². The highest BCUT2D eigenvalue weighted by atomic mass is 32.2. The zero-order valence-corrected chi connectivity index (χ0v) is 17.4. The summed E-state index contributed by atoms with van der Waals surface area (Å²) >= 11 is 1.90. The van der Waals surface area contributed by atoms with Crippen molar-refractivity contribution in [1.82, 2.24) is 15.1 Å². The summed E-state index contributed by atoms with van der Waals surface area (Å²) in [6, 6.07) is 7.29. The third-order valence-electron chi connectivity index (χ3n) is 4.70. The van der Waals surface area contributed by atoms with Gasteiger partial charge in [0.15, 0.2) is 0 Å². The Balaban J connectivity index is 1.62. The molecule has 28 heavy (non-hydrogen) atoms. The number of aromatic nitrogens is 2. The molecular weight excluding hydrogens is 378 g/mol. The van der Waals surface area contributed by atoms with Crippen molar-refractivity contribution in [2.45, 2.75) is 18.1 Å². The average molecular weight is 406 g/mol. The van der Waals surface area contributed by atoms with Gasteiger partial charge in [-0.15, -0.1) is 0 Å². The number of benzene rings is 1. The maximum Gasteiger partial charge on any atom is 0.269 e. The van der Waals surface area contributed by atoms with Crippen LogP contribution in [0.5, 0.6) is 11.5 Å². The average Bonchev–Trinajstić information content (AvgIpc) is 3.13. The lowest BCUT2D eigenvalue weighted by molar-refractivity contribution is 0.0946. The normalized spacial score (nSPS) is 14.7. The van der Waals surface area contributed by atoms with E-state index in [1.165, 1.54) is 0 Å². The molecule has 1 saturated heterocycles. The molecule has 1 fully saturated rings. The first kappa shape index (κ1) is 20.5. The van der Waals surface area contributed by atoms with Gasteiger partial charge in [0.1, 0.15) is 17.2 Å². The van der Waals surface area contributed by atoms with Crippen LogP contribution < -0.4 is 14.8 Å². The van der Waals surface area contributed by atoms with E-state index >= 15 is 0 Å². The van der Waals surface area contributed by atoms with Gasteiger partial charge in [-0.1, -0.05) is 0 Å². The van der Waals surface area contributed by atoms with Crippen LogP contribution in [0.15, 0.2) is 24.3 Å². The van der Waals surface area contributed by atoms with Crippen LogP contribution in [0.4, 0.5) is 0 Å². The van der Waals surface area contributed by atoms with Crippen LogP contribution in [0.25, 0.3) is 11.3 Å². The van der Waals surface area contributed by atoms with E-state index < -0.39 is 0 Å². The Morgan fingerprint density at radius 2 is 2.07 bits per heavy atom. The Labute approximate surface area is 169 Å². The number of nitrogens with one attached hydrogen (secondary N) is 1. The number of aryl methyl sites for hydroxylation is 1. The molecule has 0 spiro atoms. The van der Waals surface area contributed by atoms with Gasteiger partial charge in [0.2, 0.25) is 0 Å². The molecule has 1 aromatic heterocycles. The van der Waals surface area contributed by atoms with Crippen LogP contribution in [0.3, 0.4) is 0 Å². The van der Waals surface area contributed by atoms with Crippen LogP contribution in [0.2, 0.25) is 0 Å². The summed E-state index contributed by atoms with van der Waals surface area (Å²) in [5.74, 6) is 2.15. The summed E-state index contributed by atoms with van der Waals surface area (Å²) in [5.41, 5.74) is 1.96. The highest BCUT2D eigenvalue weighted by Gasteiger charge is 2.18. The molecule has 2 heterocycles. The van der Waals surface area contributed by atoms with Gasteiger partial charge < -0.3 is 19.5 Å². The Bertz CT molecular complexity index is 803. The first-order valence-corrected chi connectivity index (χ1v) is 10.4. The first-order valence-electron chi connectivity index (χ1n) is 9.36. The van der Waals surface area contributed by atoms with Crippen molar-refractivity contribution in [3.8, 4) is 22.8 Å². The molecule has 0 unspecified atom stereocenters. The Kier molecular flexibility index (Phi) is 7.22. The number of amides is 1. The second kappa shape index (κ2) is 9.84. The molecule has 0 atom stereocenters. The number of methoxy groups -OCH3 is 2. The summed E-state index contributed by atoms with van der Waals surface area (Å²) in [6.07, 6.45) is 2.18. The summed E-state index contributed by atoms with van der Waals surface area (Å²) in [6.45, 7) is 2.31. The fourth-order valence-corrected chi connectivity index (χ4v) is 4.23. The fraction of sp³-hybridized carbons (Fsp3) is 0.500. The minimum atomic E-state index is -0.129. The van der Waals surface area contributed by atoms with Crippen molar-refractivity contribution in [2.75, 3.05) is 39.7 Å². The van der Waals surface area contributed by atoms with Crippen LogP contribution in [-0.4, -0.2) is 60.7 Å². The summed E-state index contributed by atoms with van der Waals surface area (Å²) in [5, 5.41) is 8.11. The molecule has 0 aliphatic carbocycles. The number of hydrogen-bond donors (Lipinski definition) is 1. The maximum absolute atomic E-state index is 12.6. The molecule has 152 valence electrons. The number of carbonyl (C=O) groups is 1. The molecule has 1 amide bonds. The lowest BCUT2D eigenvalue weighted by Crippen LogP contribution is -2.28. The zero-order valence-electron chi connectivity index (χ0n) is 16.6. The third-order valence-corrected chi connectivity index (χ3v) is 6.09. The molecule has 1 N–H and O–H groups in total. The van der Waals surface area contributed by atoms with Gasteiger partial charge in [-0.3, -0.25) is 9.48 Å². The SMILES string of the molecule is COc1ccc(OC)c(-c2cc(C(=O)NCCSC3CCOCC3)n(C)n2)c1. The first-order chi connectivity index (χ1) is 13.6. The van der Waals surface area contributed by atoms with E-state index in [1.807, 2.05) is 30.0 Å². The molecule has 1 aliphatic heterocycles. The standard InChI is InChI=1S/C20H27N3O4S/c1-23-18(20(24)21-8-11-28-15-6-9-27-10-7-15)13-17(22-23)16-12-14(25-2)4-5-19(16)26-3/h4-5,12-13,15H,6-11H2,1-3H3,(H,21,24). The van der Waals surface area contributed by atoms with E-state index in [2.05, 4.69) is 10.4 Å². The summed E-state index contributed by atoms with van der Waals surface area (Å²) < 4.78 is 17.7. The van der Waals surface area contributed by atoms with Crippen molar-refractivity contribution < 1.29 is 19.0 Å². The molecule has 0 radical (unpaired) electrons. The Hall–Kier alpha value is -2.19. The molecule has 3 rings (SSSR count). The molecule has 1 aliphatic rings. The van der Waals surface area contributed by atoms with Gasteiger partial charge in [-0.25, -0.2) is 0 Å². The number of hydrogen-bond acceptors (Lipinski definition) is 6. The van der Waals surface area contributed by atoms with E-state index in [-0.39, 0.29) is 5.91 Å². The van der Waals surface area contributed by atoms with E-state index in [1.54, 1.807) is 32.0 Å². The Morgan fingerprint density at radius 1 is 1.29 bits per heavy atom. The van der Waals surface area contributed by atoms with E-state index in [4.69, 9.17) is 14.2 Å². The molecule has 2 aromatic rings. The summed E-state index contributed by atoms with van der Waals surface area (Å²) in [7, 11) is 4.99. The second-order valence-electron chi connectivity index (χ2n) is 6.54. The third kappa shape index (κ3) is 4.99. The van der Waals surface area contributed by atoms with Crippen LogP contribution in [0.1, 0.15) is 23.3 Å². The van der Waals surface area contributed by atoms with Gasteiger partial charge in [-0.2, -0.15) is 16.9 Å². The number of nitrogens with zero attached hydrogens (tertiary/aromatic N) is 2. The summed E-state index contributed by atoms with van der Waals surface area (Å²) in [4.78, 5) is 12.6. The van der Waals surface area contributed by atoms with Crippen LogP contribution >= 0.6 is 11.8 Å². The number of ether oxygens (including phenoxy) is 3.